The summed E-state index contributed by atoms with van der Waals surface area (Å²) in [5.74, 6) is 1.96. The molecule has 5 nitrogen and oxygen atoms in total. The van der Waals surface area contributed by atoms with Crippen molar-refractivity contribution in [2.24, 2.45) is 0 Å². The van der Waals surface area contributed by atoms with Gasteiger partial charge in [-0.15, -0.1) is 0 Å². The average Bonchev–Trinajstić information content (AvgIpc) is 3.22. The number of benzene rings is 2. The van der Waals surface area contributed by atoms with Gasteiger partial charge in [-0.3, -0.25) is 9.69 Å². The number of fused-ring (bicyclic) bond motifs is 1. The molecular weight excluding hydrogens is 364 g/mol. The summed E-state index contributed by atoms with van der Waals surface area (Å²) in [7, 11) is 0. The minimum Gasteiger partial charge on any atom is -0.494 e. The van der Waals surface area contributed by atoms with Crippen LogP contribution in [0.5, 0.6) is 11.5 Å². The van der Waals surface area contributed by atoms with Crippen LogP contribution in [0.25, 0.3) is 6.08 Å². The van der Waals surface area contributed by atoms with E-state index in [0.29, 0.717) is 6.61 Å². The van der Waals surface area contributed by atoms with Crippen LogP contribution in [0, 0.1) is 0 Å². The molecule has 1 saturated heterocycles. The van der Waals surface area contributed by atoms with Crippen LogP contribution in [0.2, 0.25) is 0 Å². The molecule has 2 aromatic carbocycles. The standard InChI is InChI=1S/C24H28N2O3/c1-2-28-22-7-3-19(4-8-22)6-10-24(27)26-14-12-25(13-15-26)18-20-5-9-23-21(17-20)11-16-29-23/h3-10,17H,2,11-16,18H2,1H3/b10-6+. The first kappa shape index (κ1) is 19.5. The summed E-state index contributed by atoms with van der Waals surface area (Å²) in [5.41, 5.74) is 3.64. The second-order valence-corrected chi connectivity index (χ2v) is 7.48. The van der Waals surface area contributed by atoms with E-state index in [1.165, 1.54) is 11.1 Å². The zero-order valence-corrected chi connectivity index (χ0v) is 17.0. The molecular formula is C24H28N2O3. The summed E-state index contributed by atoms with van der Waals surface area (Å²) in [5, 5.41) is 0. The van der Waals surface area contributed by atoms with Crippen LogP contribution in [0.4, 0.5) is 0 Å². The second kappa shape index (κ2) is 9.14. The molecule has 0 N–H and O–H groups in total. The molecule has 5 heteroatoms. The molecule has 0 radical (unpaired) electrons. The van der Waals surface area contributed by atoms with Crippen molar-refractivity contribution < 1.29 is 14.3 Å². The Morgan fingerprint density at radius 1 is 1.10 bits per heavy atom. The van der Waals surface area contributed by atoms with E-state index in [2.05, 4.69) is 23.1 Å². The van der Waals surface area contributed by atoms with Gasteiger partial charge in [0.05, 0.1) is 13.2 Å². The molecule has 0 aliphatic carbocycles. The summed E-state index contributed by atoms with van der Waals surface area (Å²) in [4.78, 5) is 16.9. The predicted molar refractivity (Wildman–Crippen MR) is 114 cm³/mol. The number of amides is 1. The van der Waals surface area contributed by atoms with Crippen molar-refractivity contribution in [3.63, 3.8) is 0 Å². The van der Waals surface area contributed by atoms with E-state index in [4.69, 9.17) is 9.47 Å². The van der Waals surface area contributed by atoms with Crippen LogP contribution in [0.15, 0.2) is 48.5 Å². The Hall–Kier alpha value is -2.79. The van der Waals surface area contributed by atoms with Crippen LogP contribution in [0.3, 0.4) is 0 Å². The molecule has 29 heavy (non-hydrogen) atoms. The molecule has 2 aliphatic rings. The molecule has 0 bridgehead atoms. The van der Waals surface area contributed by atoms with Crippen LogP contribution >= 0.6 is 0 Å². The molecule has 2 aliphatic heterocycles. The lowest BCUT2D eigenvalue weighted by Gasteiger charge is -2.34. The van der Waals surface area contributed by atoms with E-state index in [1.54, 1.807) is 6.08 Å². The summed E-state index contributed by atoms with van der Waals surface area (Å²) >= 11 is 0. The largest absolute Gasteiger partial charge is 0.494 e. The van der Waals surface area contributed by atoms with Gasteiger partial charge in [0.1, 0.15) is 11.5 Å². The summed E-state index contributed by atoms with van der Waals surface area (Å²) in [6.45, 7) is 7.67. The third-order valence-corrected chi connectivity index (χ3v) is 5.45. The monoisotopic (exact) mass is 392 g/mol. The third-order valence-electron chi connectivity index (χ3n) is 5.45. The minimum absolute atomic E-state index is 0.0771. The minimum atomic E-state index is 0.0771. The van der Waals surface area contributed by atoms with Crippen LogP contribution in [0.1, 0.15) is 23.6 Å². The van der Waals surface area contributed by atoms with Crippen molar-refractivity contribution in [3.05, 3.63) is 65.2 Å². The van der Waals surface area contributed by atoms with E-state index < -0.39 is 0 Å². The average molecular weight is 392 g/mol. The van der Waals surface area contributed by atoms with Crippen molar-refractivity contribution in [3.8, 4) is 11.5 Å². The number of carbonyl (C=O) groups is 1. The van der Waals surface area contributed by atoms with Gasteiger partial charge in [-0.2, -0.15) is 0 Å². The van der Waals surface area contributed by atoms with Gasteiger partial charge in [-0.05, 0) is 47.9 Å². The Balaban J connectivity index is 1.26. The molecule has 0 unspecified atom stereocenters. The van der Waals surface area contributed by atoms with Crippen LogP contribution in [-0.2, 0) is 17.8 Å². The van der Waals surface area contributed by atoms with E-state index in [1.807, 2.05) is 42.2 Å². The zero-order chi connectivity index (χ0) is 20.1. The smallest absolute Gasteiger partial charge is 0.246 e. The fourth-order valence-electron chi connectivity index (χ4n) is 3.84. The second-order valence-electron chi connectivity index (χ2n) is 7.48. The van der Waals surface area contributed by atoms with Gasteiger partial charge in [0.2, 0.25) is 5.91 Å². The van der Waals surface area contributed by atoms with Crippen LogP contribution in [-0.4, -0.2) is 55.1 Å². The van der Waals surface area contributed by atoms with Gasteiger partial charge < -0.3 is 14.4 Å². The van der Waals surface area contributed by atoms with Crippen molar-refractivity contribution in [2.45, 2.75) is 19.9 Å². The highest BCUT2D eigenvalue weighted by atomic mass is 16.5. The van der Waals surface area contributed by atoms with Crippen molar-refractivity contribution in [1.29, 1.82) is 0 Å². The highest BCUT2D eigenvalue weighted by Gasteiger charge is 2.20. The lowest BCUT2D eigenvalue weighted by atomic mass is 10.1. The maximum Gasteiger partial charge on any atom is 0.246 e. The fraction of sp³-hybridized carbons (Fsp3) is 0.375. The first-order valence-electron chi connectivity index (χ1n) is 10.4. The van der Waals surface area contributed by atoms with Gasteiger partial charge in [-0.1, -0.05) is 24.3 Å². The zero-order valence-electron chi connectivity index (χ0n) is 17.0. The molecule has 0 aromatic heterocycles. The molecule has 4 rings (SSSR count). The third kappa shape index (κ3) is 4.98. The van der Waals surface area contributed by atoms with Crippen molar-refractivity contribution in [1.82, 2.24) is 9.80 Å². The van der Waals surface area contributed by atoms with Gasteiger partial charge >= 0.3 is 0 Å². The maximum absolute atomic E-state index is 12.5. The van der Waals surface area contributed by atoms with E-state index in [-0.39, 0.29) is 5.91 Å². The Labute approximate surface area is 172 Å². The Morgan fingerprint density at radius 2 is 1.90 bits per heavy atom. The molecule has 152 valence electrons. The predicted octanol–water partition coefficient (Wildman–Crippen LogP) is 3.38. The SMILES string of the molecule is CCOc1ccc(/C=C/C(=O)N2CCN(Cc3ccc4c(c3)CCO4)CC2)cc1. The van der Waals surface area contributed by atoms with E-state index >= 15 is 0 Å². The fourth-order valence-corrected chi connectivity index (χ4v) is 3.84. The van der Waals surface area contributed by atoms with E-state index in [0.717, 1.165) is 62.8 Å². The van der Waals surface area contributed by atoms with Crippen LogP contribution < -0.4 is 9.47 Å². The van der Waals surface area contributed by atoms with Crippen molar-refractivity contribution in [2.75, 3.05) is 39.4 Å². The molecule has 1 fully saturated rings. The molecule has 0 spiro atoms. The summed E-state index contributed by atoms with van der Waals surface area (Å²) in [6, 6.07) is 14.3. The first-order chi connectivity index (χ1) is 14.2. The number of nitrogens with zero attached hydrogens (tertiary/aromatic N) is 2. The van der Waals surface area contributed by atoms with Gasteiger partial charge in [0.25, 0.3) is 0 Å². The number of ether oxygens (including phenoxy) is 2. The highest BCUT2D eigenvalue weighted by Crippen LogP contribution is 2.26. The lowest BCUT2D eigenvalue weighted by Crippen LogP contribution is -2.47. The maximum atomic E-state index is 12.5. The number of hydrogen-bond donors (Lipinski definition) is 0. The lowest BCUT2D eigenvalue weighted by molar-refractivity contribution is -0.127. The van der Waals surface area contributed by atoms with Gasteiger partial charge in [0.15, 0.2) is 0 Å². The normalized spacial score (nSPS) is 16.7. The van der Waals surface area contributed by atoms with E-state index in [9.17, 15) is 4.79 Å². The Morgan fingerprint density at radius 3 is 2.66 bits per heavy atom. The van der Waals surface area contributed by atoms with Gasteiger partial charge in [-0.25, -0.2) is 0 Å². The molecule has 1 amide bonds. The summed E-state index contributed by atoms with van der Waals surface area (Å²) in [6.07, 6.45) is 4.55. The molecule has 0 atom stereocenters. The summed E-state index contributed by atoms with van der Waals surface area (Å²) < 4.78 is 11.0. The highest BCUT2D eigenvalue weighted by molar-refractivity contribution is 5.91. The topological polar surface area (TPSA) is 42.0 Å². The number of carbonyl (C=O) groups excluding carboxylic acids is 1. The number of rotatable bonds is 6. The van der Waals surface area contributed by atoms with Gasteiger partial charge in [0, 0.05) is 45.2 Å². The molecule has 2 aromatic rings. The molecule has 0 saturated carbocycles. The van der Waals surface area contributed by atoms with Crippen molar-refractivity contribution >= 4 is 12.0 Å². The number of hydrogen-bond acceptors (Lipinski definition) is 4. The molecule has 2 heterocycles. The Kier molecular flexibility index (Phi) is 6.15. The quantitative estimate of drug-likeness (QED) is 0.707. The first-order valence-corrected chi connectivity index (χ1v) is 10.4. The Bertz CT molecular complexity index is 868. The number of piperazine rings is 1.